The van der Waals surface area contributed by atoms with Crippen LogP contribution in [0.1, 0.15) is 57.4 Å². The second kappa shape index (κ2) is 7.30. The van der Waals surface area contributed by atoms with E-state index in [-0.39, 0.29) is 18.9 Å². The molecule has 1 aliphatic rings. The number of nitrogens with one attached hydrogen (secondary N) is 1. The van der Waals surface area contributed by atoms with E-state index in [9.17, 15) is 8.78 Å². The molecule has 21 heavy (non-hydrogen) atoms. The summed E-state index contributed by atoms with van der Waals surface area (Å²) in [5, 5.41) is 3.60. The highest BCUT2D eigenvalue weighted by atomic mass is 19.3. The summed E-state index contributed by atoms with van der Waals surface area (Å²) in [5.74, 6) is -1.80. The fraction of sp³-hybridized carbons (Fsp3) is 0.706. The summed E-state index contributed by atoms with van der Waals surface area (Å²) in [7, 11) is 0. The predicted octanol–water partition coefficient (Wildman–Crippen LogP) is 4.38. The largest absolute Gasteiger partial charge is 0.313 e. The van der Waals surface area contributed by atoms with Crippen LogP contribution in [0.15, 0.2) is 24.5 Å². The van der Waals surface area contributed by atoms with Crippen molar-refractivity contribution in [3.8, 4) is 0 Å². The van der Waals surface area contributed by atoms with Gasteiger partial charge in [-0.05, 0) is 55.3 Å². The molecule has 1 aliphatic carbocycles. The monoisotopic (exact) mass is 296 g/mol. The Balaban J connectivity index is 2.07. The molecule has 118 valence electrons. The fourth-order valence-corrected chi connectivity index (χ4v) is 3.36. The molecule has 0 aliphatic heterocycles. The normalized spacial score (nSPS) is 21.9. The Labute approximate surface area is 126 Å². The Bertz CT molecular complexity index is 412. The molecule has 0 amide bonds. The molecule has 0 spiro atoms. The number of rotatable bonds is 6. The Kier molecular flexibility index (Phi) is 5.68. The molecule has 2 nitrogen and oxygen atoms in total. The smallest absolute Gasteiger partial charge is 0.248 e. The number of hydrogen-bond donors (Lipinski definition) is 1. The molecular weight excluding hydrogens is 270 g/mol. The predicted molar refractivity (Wildman–Crippen MR) is 81.6 cm³/mol. The van der Waals surface area contributed by atoms with E-state index >= 15 is 0 Å². The van der Waals surface area contributed by atoms with Crippen LogP contribution < -0.4 is 5.32 Å². The quantitative estimate of drug-likeness (QED) is 0.842. The summed E-state index contributed by atoms with van der Waals surface area (Å²) in [5.41, 5.74) is 1.23. The van der Waals surface area contributed by atoms with Crippen LogP contribution in [0.25, 0.3) is 0 Å². The summed E-state index contributed by atoms with van der Waals surface area (Å²) >= 11 is 0. The summed E-state index contributed by atoms with van der Waals surface area (Å²) in [6, 6.07) is 4.33. The second-order valence-corrected chi connectivity index (χ2v) is 6.24. The van der Waals surface area contributed by atoms with Gasteiger partial charge in [-0.1, -0.05) is 13.8 Å². The first-order chi connectivity index (χ1) is 10.0. The van der Waals surface area contributed by atoms with Crippen molar-refractivity contribution in [2.75, 3.05) is 6.54 Å². The highest BCUT2D eigenvalue weighted by Gasteiger charge is 2.38. The van der Waals surface area contributed by atoms with Gasteiger partial charge in [-0.25, -0.2) is 8.78 Å². The van der Waals surface area contributed by atoms with Crippen LogP contribution in [0.4, 0.5) is 8.78 Å². The van der Waals surface area contributed by atoms with Gasteiger partial charge in [0.1, 0.15) is 0 Å². The molecule has 0 bridgehead atoms. The summed E-state index contributed by atoms with van der Waals surface area (Å²) < 4.78 is 26.8. The van der Waals surface area contributed by atoms with Gasteiger partial charge in [0.25, 0.3) is 0 Å². The third kappa shape index (κ3) is 4.47. The van der Waals surface area contributed by atoms with Gasteiger partial charge in [0.2, 0.25) is 5.92 Å². The third-order valence-electron chi connectivity index (χ3n) is 4.67. The van der Waals surface area contributed by atoms with Crippen molar-refractivity contribution in [2.45, 2.75) is 63.8 Å². The number of aromatic nitrogens is 1. The molecule has 0 saturated heterocycles. The van der Waals surface area contributed by atoms with Crippen LogP contribution in [0, 0.1) is 5.92 Å². The molecule has 1 aromatic heterocycles. The second-order valence-electron chi connectivity index (χ2n) is 6.24. The van der Waals surface area contributed by atoms with E-state index in [0.717, 1.165) is 13.0 Å². The lowest BCUT2D eigenvalue weighted by atomic mass is 9.76. The Morgan fingerprint density at radius 3 is 2.48 bits per heavy atom. The Morgan fingerprint density at radius 2 is 1.90 bits per heavy atom. The van der Waals surface area contributed by atoms with Crippen LogP contribution >= 0.6 is 0 Å². The molecule has 1 aromatic rings. The van der Waals surface area contributed by atoms with Crippen LogP contribution in [-0.4, -0.2) is 23.5 Å². The van der Waals surface area contributed by atoms with Crippen molar-refractivity contribution >= 4 is 0 Å². The van der Waals surface area contributed by atoms with E-state index in [1.165, 1.54) is 5.56 Å². The van der Waals surface area contributed by atoms with Crippen LogP contribution in [0.2, 0.25) is 0 Å². The first-order valence-corrected chi connectivity index (χ1v) is 8.04. The van der Waals surface area contributed by atoms with Gasteiger partial charge in [-0.3, -0.25) is 4.98 Å². The molecule has 1 saturated carbocycles. The van der Waals surface area contributed by atoms with Crippen molar-refractivity contribution < 1.29 is 8.78 Å². The zero-order valence-electron chi connectivity index (χ0n) is 13.0. The van der Waals surface area contributed by atoms with Gasteiger partial charge >= 0.3 is 0 Å². The van der Waals surface area contributed by atoms with Gasteiger partial charge < -0.3 is 5.32 Å². The van der Waals surface area contributed by atoms with E-state index in [0.29, 0.717) is 24.7 Å². The van der Waals surface area contributed by atoms with Crippen LogP contribution in [0.5, 0.6) is 0 Å². The Hall–Kier alpha value is -1.03. The van der Waals surface area contributed by atoms with Crippen molar-refractivity contribution in [3.63, 3.8) is 0 Å². The molecule has 2 unspecified atom stereocenters. The van der Waals surface area contributed by atoms with Crippen molar-refractivity contribution in [1.29, 1.82) is 0 Å². The molecule has 1 fully saturated rings. The lowest BCUT2D eigenvalue weighted by Crippen LogP contribution is -2.43. The van der Waals surface area contributed by atoms with Crippen molar-refractivity contribution in [2.24, 2.45) is 5.92 Å². The number of hydrogen-bond acceptors (Lipinski definition) is 2. The minimum absolute atomic E-state index is 0.0328. The number of alkyl halides is 2. The van der Waals surface area contributed by atoms with E-state index in [1.54, 1.807) is 12.4 Å². The molecule has 4 heteroatoms. The van der Waals surface area contributed by atoms with E-state index in [2.05, 4.69) is 24.1 Å². The Morgan fingerprint density at radius 1 is 1.29 bits per heavy atom. The maximum Gasteiger partial charge on any atom is 0.248 e. The average Bonchev–Trinajstić information content (AvgIpc) is 2.49. The van der Waals surface area contributed by atoms with Crippen LogP contribution in [-0.2, 0) is 0 Å². The van der Waals surface area contributed by atoms with E-state index in [4.69, 9.17) is 0 Å². The first kappa shape index (κ1) is 16.3. The topological polar surface area (TPSA) is 24.9 Å². The van der Waals surface area contributed by atoms with Crippen molar-refractivity contribution in [3.05, 3.63) is 30.1 Å². The molecule has 1 heterocycles. The number of nitrogens with zero attached hydrogens (tertiary/aromatic N) is 1. The average molecular weight is 296 g/mol. The molecule has 1 N–H and O–H groups in total. The lowest BCUT2D eigenvalue weighted by Gasteiger charge is -2.37. The van der Waals surface area contributed by atoms with Gasteiger partial charge in [0.15, 0.2) is 0 Å². The van der Waals surface area contributed by atoms with Crippen LogP contribution in [0.3, 0.4) is 0 Å². The maximum absolute atomic E-state index is 13.4. The lowest BCUT2D eigenvalue weighted by molar-refractivity contribution is -0.0504. The summed E-state index contributed by atoms with van der Waals surface area (Å²) in [6.45, 7) is 5.26. The van der Waals surface area contributed by atoms with E-state index < -0.39 is 5.92 Å². The summed E-state index contributed by atoms with van der Waals surface area (Å²) in [4.78, 5) is 4.06. The first-order valence-electron chi connectivity index (χ1n) is 8.04. The van der Waals surface area contributed by atoms with Gasteiger partial charge in [-0.2, -0.15) is 0 Å². The van der Waals surface area contributed by atoms with Gasteiger partial charge in [0, 0.05) is 31.3 Å². The highest BCUT2D eigenvalue weighted by Crippen LogP contribution is 2.40. The van der Waals surface area contributed by atoms with Gasteiger partial charge in [-0.15, -0.1) is 0 Å². The minimum Gasteiger partial charge on any atom is -0.313 e. The zero-order chi connectivity index (χ0) is 15.3. The molecular formula is C17H26F2N2. The number of halogens is 2. The molecule has 0 aromatic carbocycles. The standard InChI is InChI=1S/C17H26F2N2/c1-3-10-21-16(13(2)14-6-11-20-12-7-14)15-4-8-17(18,19)9-5-15/h6-7,11-13,15-16,21H,3-5,8-10H2,1-2H3. The maximum atomic E-state index is 13.4. The van der Waals surface area contributed by atoms with Crippen molar-refractivity contribution in [1.82, 2.24) is 10.3 Å². The van der Waals surface area contributed by atoms with E-state index in [1.807, 2.05) is 12.1 Å². The molecule has 2 rings (SSSR count). The summed E-state index contributed by atoms with van der Waals surface area (Å²) in [6.07, 6.45) is 5.96. The highest BCUT2D eigenvalue weighted by molar-refractivity contribution is 5.17. The number of pyridine rings is 1. The molecule has 0 radical (unpaired) electrons. The minimum atomic E-state index is -2.45. The fourth-order valence-electron chi connectivity index (χ4n) is 3.36. The zero-order valence-corrected chi connectivity index (χ0v) is 13.0. The third-order valence-corrected chi connectivity index (χ3v) is 4.67. The van der Waals surface area contributed by atoms with Gasteiger partial charge in [0.05, 0.1) is 0 Å². The molecule has 2 atom stereocenters. The SMILES string of the molecule is CCCNC(C1CCC(F)(F)CC1)C(C)c1ccncc1.